The number of carbonyl (C=O) groups is 1. The van der Waals surface area contributed by atoms with Crippen LogP contribution >= 0.6 is 11.6 Å². The van der Waals surface area contributed by atoms with Crippen LogP contribution in [-0.2, 0) is 0 Å². The van der Waals surface area contributed by atoms with Crippen molar-refractivity contribution < 1.29 is 9.18 Å². The molecule has 0 saturated heterocycles. The minimum absolute atomic E-state index is 0.0978. The highest BCUT2D eigenvalue weighted by atomic mass is 35.5. The van der Waals surface area contributed by atoms with E-state index in [4.69, 9.17) is 17.3 Å². The van der Waals surface area contributed by atoms with Gasteiger partial charge in [0.05, 0.1) is 5.56 Å². The molecule has 0 aliphatic heterocycles. The lowest BCUT2D eigenvalue weighted by molar-refractivity contribution is 0.102. The maximum atomic E-state index is 13.6. The van der Waals surface area contributed by atoms with Crippen molar-refractivity contribution in [3.8, 4) is 0 Å². The summed E-state index contributed by atoms with van der Waals surface area (Å²) in [5, 5.41) is 3.15. The molecule has 2 aromatic carbocycles. The largest absolute Gasteiger partial charge is 0.399 e. The van der Waals surface area contributed by atoms with Crippen molar-refractivity contribution in [3.05, 3.63) is 58.4 Å². The predicted octanol–water partition coefficient (Wildman–Crippen LogP) is 3.62. The summed E-state index contributed by atoms with van der Waals surface area (Å²) in [6.07, 6.45) is 0. The number of anilines is 2. The Morgan fingerprint density at radius 2 is 2.05 bits per heavy atom. The number of nitrogens with two attached hydrogens (primary N) is 1. The predicted molar refractivity (Wildman–Crippen MR) is 75.0 cm³/mol. The van der Waals surface area contributed by atoms with Crippen LogP contribution in [0.5, 0.6) is 0 Å². The molecule has 19 heavy (non-hydrogen) atoms. The third-order valence-electron chi connectivity index (χ3n) is 2.75. The standard InChI is InChI=1S/C14H12ClFN2O/c1-8-11(15)3-2-4-13(8)18-14(19)10-7-9(17)5-6-12(10)16/h2-7H,17H2,1H3,(H,18,19). The van der Waals surface area contributed by atoms with Gasteiger partial charge in [0.25, 0.3) is 5.91 Å². The number of carbonyl (C=O) groups excluding carboxylic acids is 1. The summed E-state index contributed by atoms with van der Waals surface area (Å²) in [5.41, 5.74) is 7.04. The van der Waals surface area contributed by atoms with Crippen molar-refractivity contribution in [1.29, 1.82) is 0 Å². The van der Waals surface area contributed by atoms with E-state index in [1.807, 2.05) is 0 Å². The van der Waals surface area contributed by atoms with Gasteiger partial charge in [-0.3, -0.25) is 4.79 Å². The van der Waals surface area contributed by atoms with Gasteiger partial charge in [-0.2, -0.15) is 0 Å². The molecule has 0 aromatic heterocycles. The first-order valence-electron chi connectivity index (χ1n) is 5.60. The van der Waals surface area contributed by atoms with E-state index in [0.29, 0.717) is 16.4 Å². The first-order chi connectivity index (χ1) is 8.99. The Kier molecular flexibility index (Phi) is 3.71. The molecule has 3 N–H and O–H groups in total. The summed E-state index contributed by atoms with van der Waals surface area (Å²) in [6, 6.07) is 8.98. The number of nitrogens with one attached hydrogen (secondary N) is 1. The second-order valence-corrected chi connectivity index (χ2v) is 4.51. The Hall–Kier alpha value is -2.07. The van der Waals surface area contributed by atoms with Crippen molar-refractivity contribution in [2.75, 3.05) is 11.1 Å². The average Bonchev–Trinajstić information content (AvgIpc) is 2.38. The van der Waals surface area contributed by atoms with Crippen LogP contribution in [0.1, 0.15) is 15.9 Å². The van der Waals surface area contributed by atoms with Crippen LogP contribution in [0.3, 0.4) is 0 Å². The zero-order valence-electron chi connectivity index (χ0n) is 10.2. The van der Waals surface area contributed by atoms with Crippen LogP contribution in [0.4, 0.5) is 15.8 Å². The van der Waals surface area contributed by atoms with Gasteiger partial charge in [0.15, 0.2) is 0 Å². The molecule has 0 unspecified atom stereocenters. The lowest BCUT2D eigenvalue weighted by Crippen LogP contribution is -2.15. The molecule has 0 aliphatic carbocycles. The molecule has 3 nitrogen and oxygen atoms in total. The molecule has 0 fully saturated rings. The zero-order valence-corrected chi connectivity index (χ0v) is 11.0. The van der Waals surface area contributed by atoms with Crippen molar-refractivity contribution in [2.45, 2.75) is 6.92 Å². The molecule has 0 aliphatic rings. The number of amides is 1. The lowest BCUT2D eigenvalue weighted by atomic mass is 10.1. The molecule has 0 radical (unpaired) electrons. The summed E-state index contributed by atoms with van der Waals surface area (Å²) >= 11 is 5.95. The highest BCUT2D eigenvalue weighted by Gasteiger charge is 2.13. The number of rotatable bonds is 2. The van der Waals surface area contributed by atoms with Crippen LogP contribution in [0, 0.1) is 12.7 Å². The Morgan fingerprint density at radius 3 is 2.79 bits per heavy atom. The quantitative estimate of drug-likeness (QED) is 0.824. The van der Waals surface area contributed by atoms with E-state index in [1.54, 1.807) is 25.1 Å². The normalized spacial score (nSPS) is 10.3. The molecule has 0 bridgehead atoms. The topological polar surface area (TPSA) is 55.1 Å². The molecular formula is C14H12ClFN2O. The van der Waals surface area contributed by atoms with E-state index >= 15 is 0 Å². The Bertz CT molecular complexity index is 643. The maximum Gasteiger partial charge on any atom is 0.258 e. The van der Waals surface area contributed by atoms with Crippen molar-refractivity contribution >= 4 is 28.9 Å². The van der Waals surface area contributed by atoms with E-state index in [2.05, 4.69) is 5.32 Å². The number of hydrogen-bond donors (Lipinski definition) is 2. The van der Waals surface area contributed by atoms with Gasteiger partial charge < -0.3 is 11.1 Å². The van der Waals surface area contributed by atoms with Crippen LogP contribution in [0.15, 0.2) is 36.4 Å². The highest BCUT2D eigenvalue weighted by molar-refractivity contribution is 6.31. The fourth-order valence-corrected chi connectivity index (χ4v) is 1.82. The van der Waals surface area contributed by atoms with E-state index in [1.165, 1.54) is 12.1 Å². The van der Waals surface area contributed by atoms with E-state index in [0.717, 1.165) is 11.6 Å². The molecule has 98 valence electrons. The minimum atomic E-state index is -0.619. The maximum absolute atomic E-state index is 13.6. The number of nitrogen functional groups attached to an aromatic ring is 1. The number of halogens is 2. The molecule has 2 aromatic rings. The number of hydrogen-bond acceptors (Lipinski definition) is 2. The van der Waals surface area contributed by atoms with Crippen LogP contribution in [-0.4, -0.2) is 5.91 Å². The monoisotopic (exact) mass is 278 g/mol. The molecule has 2 rings (SSSR count). The van der Waals surface area contributed by atoms with Crippen LogP contribution in [0.25, 0.3) is 0 Å². The molecule has 0 heterocycles. The van der Waals surface area contributed by atoms with Gasteiger partial charge >= 0.3 is 0 Å². The summed E-state index contributed by atoms with van der Waals surface area (Å²) in [5.74, 6) is -1.18. The fraction of sp³-hybridized carbons (Fsp3) is 0.0714. The molecule has 0 saturated carbocycles. The average molecular weight is 279 g/mol. The van der Waals surface area contributed by atoms with E-state index in [-0.39, 0.29) is 5.56 Å². The first-order valence-corrected chi connectivity index (χ1v) is 5.98. The van der Waals surface area contributed by atoms with Gasteiger partial charge in [-0.15, -0.1) is 0 Å². The van der Waals surface area contributed by atoms with E-state index in [9.17, 15) is 9.18 Å². The Morgan fingerprint density at radius 1 is 1.32 bits per heavy atom. The van der Waals surface area contributed by atoms with Gasteiger partial charge in [-0.25, -0.2) is 4.39 Å². The number of benzene rings is 2. The highest BCUT2D eigenvalue weighted by Crippen LogP contribution is 2.24. The fourth-order valence-electron chi connectivity index (χ4n) is 1.65. The van der Waals surface area contributed by atoms with Crippen LogP contribution < -0.4 is 11.1 Å². The lowest BCUT2D eigenvalue weighted by Gasteiger charge is -2.10. The first kappa shape index (κ1) is 13.4. The smallest absolute Gasteiger partial charge is 0.258 e. The van der Waals surface area contributed by atoms with Gasteiger partial charge in [0.1, 0.15) is 5.82 Å². The van der Waals surface area contributed by atoms with Crippen LogP contribution in [0.2, 0.25) is 5.02 Å². The van der Waals surface area contributed by atoms with Crippen molar-refractivity contribution in [3.63, 3.8) is 0 Å². The minimum Gasteiger partial charge on any atom is -0.399 e. The van der Waals surface area contributed by atoms with Gasteiger partial charge in [0, 0.05) is 16.4 Å². The summed E-state index contributed by atoms with van der Waals surface area (Å²) in [6.45, 7) is 1.77. The molecule has 0 spiro atoms. The summed E-state index contributed by atoms with van der Waals surface area (Å²) in [4.78, 5) is 12.0. The third-order valence-corrected chi connectivity index (χ3v) is 3.16. The van der Waals surface area contributed by atoms with Gasteiger partial charge in [-0.1, -0.05) is 17.7 Å². The SMILES string of the molecule is Cc1c(Cl)cccc1NC(=O)c1cc(N)ccc1F. The second kappa shape index (κ2) is 5.28. The van der Waals surface area contributed by atoms with Gasteiger partial charge in [-0.05, 0) is 42.8 Å². The van der Waals surface area contributed by atoms with E-state index < -0.39 is 11.7 Å². The second-order valence-electron chi connectivity index (χ2n) is 4.11. The molecule has 0 atom stereocenters. The summed E-state index contributed by atoms with van der Waals surface area (Å²) < 4.78 is 13.6. The third kappa shape index (κ3) is 2.85. The molecular weight excluding hydrogens is 267 g/mol. The zero-order chi connectivity index (χ0) is 14.0. The van der Waals surface area contributed by atoms with Crippen molar-refractivity contribution in [2.24, 2.45) is 0 Å². The molecule has 1 amide bonds. The van der Waals surface area contributed by atoms with Crippen molar-refractivity contribution in [1.82, 2.24) is 0 Å². The Labute approximate surface area is 115 Å². The molecule has 5 heteroatoms. The summed E-state index contributed by atoms with van der Waals surface area (Å²) in [7, 11) is 0. The Balaban J connectivity index is 2.31. The van der Waals surface area contributed by atoms with Gasteiger partial charge in [0.2, 0.25) is 0 Å².